The zero-order valence-electron chi connectivity index (χ0n) is 18.1. The summed E-state index contributed by atoms with van der Waals surface area (Å²) in [5, 5.41) is 8.86. The van der Waals surface area contributed by atoms with E-state index in [-0.39, 0.29) is 24.0 Å². The van der Waals surface area contributed by atoms with Gasteiger partial charge in [0.05, 0.1) is 19.4 Å². The zero-order valence-corrected chi connectivity index (χ0v) is 21.2. The Morgan fingerprint density at radius 3 is 2.59 bits per heavy atom. The van der Waals surface area contributed by atoms with Crippen LogP contribution in [0.5, 0.6) is 0 Å². The van der Waals surface area contributed by atoms with Crippen LogP contribution in [0.2, 0.25) is 0 Å². The van der Waals surface area contributed by atoms with Gasteiger partial charge in [0, 0.05) is 30.4 Å². The molecule has 2 N–H and O–H groups in total. The molecule has 2 heterocycles. The minimum atomic E-state index is 0. The summed E-state index contributed by atoms with van der Waals surface area (Å²) in [4.78, 5) is 10.2. The molecule has 166 valence electrons. The minimum Gasteiger partial charge on any atom is -0.357 e. The van der Waals surface area contributed by atoms with Gasteiger partial charge in [-0.1, -0.05) is 54.6 Å². The molecule has 0 aliphatic heterocycles. The molecular formula is C25H28IN5S. The summed E-state index contributed by atoms with van der Waals surface area (Å²) in [6.45, 7) is 5.14. The molecule has 0 aliphatic rings. The molecular weight excluding hydrogens is 529 g/mol. The van der Waals surface area contributed by atoms with Crippen LogP contribution < -0.4 is 10.6 Å². The number of aliphatic imine (C=N–C) groups is 1. The SMILES string of the molecule is CCNC(=NCc1ccccc1-c1ccc(Cn2ccnc2)cc1)NCc1cccs1.I. The molecule has 0 amide bonds. The second-order valence-electron chi connectivity index (χ2n) is 7.22. The van der Waals surface area contributed by atoms with Crippen molar-refractivity contribution in [2.24, 2.45) is 4.99 Å². The number of imidazole rings is 1. The molecule has 0 atom stereocenters. The molecule has 0 aliphatic carbocycles. The average molecular weight is 558 g/mol. The number of guanidine groups is 1. The lowest BCUT2D eigenvalue weighted by atomic mass is 9.98. The van der Waals surface area contributed by atoms with Gasteiger partial charge in [0.1, 0.15) is 0 Å². The van der Waals surface area contributed by atoms with Crippen molar-refractivity contribution in [2.75, 3.05) is 6.54 Å². The van der Waals surface area contributed by atoms with Gasteiger partial charge in [-0.25, -0.2) is 9.98 Å². The lowest BCUT2D eigenvalue weighted by Gasteiger charge is -2.12. The van der Waals surface area contributed by atoms with Crippen LogP contribution in [0.25, 0.3) is 11.1 Å². The molecule has 0 bridgehead atoms. The molecule has 0 fully saturated rings. The van der Waals surface area contributed by atoms with E-state index in [1.807, 2.05) is 18.7 Å². The van der Waals surface area contributed by atoms with Crippen LogP contribution in [0.15, 0.2) is 89.8 Å². The van der Waals surface area contributed by atoms with Gasteiger partial charge in [0.15, 0.2) is 5.96 Å². The van der Waals surface area contributed by atoms with E-state index in [4.69, 9.17) is 4.99 Å². The fourth-order valence-electron chi connectivity index (χ4n) is 3.41. The third kappa shape index (κ3) is 6.67. The Labute approximate surface area is 210 Å². The molecule has 0 spiro atoms. The molecule has 2 aromatic heterocycles. The fraction of sp³-hybridized carbons (Fsp3) is 0.200. The van der Waals surface area contributed by atoms with E-state index >= 15 is 0 Å². The van der Waals surface area contributed by atoms with Crippen LogP contribution in [-0.4, -0.2) is 22.1 Å². The largest absolute Gasteiger partial charge is 0.357 e. The highest BCUT2D eigenvalue weighted by molar-refractivity contribution is 14.0. The van der Waals surface area contributed by atoms with Crippen molar-refractivity contribution in [3.8, 4) is 11.1 Å². The normalized spacial score (nSPS) is 11.1. The van der Waals surface area contributed by atoms with E-state index in [9.17, 15) is 0 Å². The van der Waals surface area contributed by atoms with Crippen LogP contribution in [0.4, 0.5) is 0 Å². The molecule has 0 saturated heterocycles. The first-order valence-electron chi connectivity index (χ1n) is 10.5. The molecule has 2 aromatic carbocycles. The van der Waals surface area contributed by atoms with Crippen LogP contribution in [0.3, 0.4) is 0 Å². The minimum absolute atomic E-state index is 0. The number of rotatable bonds is 8. The predicted octanol–water partition coefficient (Wildman–Crippen LogP) is 5.53. The van der Waals surface area contributed by atoms with Crippen molar-refractivity contribution < 1.29 is 0 Å². The molecule has 4 aromatic rings. The number of hydrogen-bond acceptors (Lipinski definition) is 3. The highest BCUT2D eigenvalue weighted by Crippen LogP contribution is 2.25. The Hall–Kier alpha value is -2.65. The van der Waals surface area contributed by atoms with Gasteiger partial charge in [-0.2, -0.15) is 0 Å². The van der Waals surface area contributed by atoms with Crippen LogP contribution >= 0.6 is 35.3 Å². The number of aromatic nitrogens is 2. The molecule has 32 heavy (non-hydrogen) atoms. The lowest BCUT2D eigenvalue weighted by molar-refractivity contribution is 0.797. The lowest BCUT2D eigenvalue weighted by Crippen LogP contribution is -2.36. The summed E-state index contributed by atoms with van der Waals surface area (Å²) in [5.41, 5.74) is 4.88. The highest BCUT2D eigenvalue weighted by atomic mass is 127. The maximum Gasteiger partial charge on any atom is 0.191 e. The summed E-state index contributed by atoms with van der Waals surface area (Å²) in [6, 6.07) is 21.4. The molecule has 7 heteroatoms. The number of hydrogen-bond donors (Lipinski definition) is 2. The van der Waals surface area contributed by atoms with Gasteiger partial charge in [-0.05, 0) is 40.6 Å². The third-order valence-electron chi connectivity index (χ3n) is 4.97. The first kappa shape index (κ1) is 24.0. The van der Waals surface area contributed by atoms with Gasteiger partial charge in [-0.15, -0.1) is 35.3 Å². The predicted molar refractivity (Wildman–Crippen MR) is 145 cm³/mol. The number of thiophene rings is 1. The van der Waals surface area contributed by atoms with E-state index in [1.54, 1.807) is 11.3 Å². The molecule has 0 radical (unpaired) electrons. The monoisotopic (exact) mass is 557 g/mol. The Morgan fingerprint density at radius 1 is 1.03 bits per heavy atom. The number of benzene rings is 2. The second-order valence-corrected chi connectivity index (χ2v) is 8.25. The number of halogens is 1. The molecule has 0 saturated carbocycles. The Bertz CT molecular complexity index is 1090. The summed E-state index contributed by atoms with van der Waals surface area (Å²) in [7, 11) is 0. The maximum atomic E-state index is 4.83. The average Bonchev–Trinajstić information content (AvgIpc) is 3.51. The van der Waals surface area contributed by atoms with Crippen molar-refractivity contribution in [2.45, 2.75) is 26.6 Å². The summed E-state index contributed by atoms with van der Waals surface area (Å²) >= 11 is 1.75. The van der Waals surface area contributed by atoms with Crippen LogP contribution in [0, 0.1) is 0 Å². The van der Waals surface area contributed by atoms with Crippen molar-refractivity contribution in [1.82, 2.24) is 20.2 Å². The van der Waals surface area contributed by atoms with Crippen molar-refractivity contribution >= 4 is 41.3 Å². The Kier molecular flexibility index (Phi) is 9.30. The fourth-order valence-corrected chi connectivity index (χ4v) is 4.06. The van der Waals surface area contributed by atoms with E-state index in [1.165, 1.54) is 27.1 Å². The van der Waals surface area contributed by atoms with Crippen molar-refractivity contribution in [3.63, 3.8) is 0 Å². The molecule has 0 unspecified atom stereocenters. The first-order chi connectivity index (χ1) is 15.3. The summed E-state index contributed by atoms with van der Waals surface area (Å²) < 4.78 is 2.07. The van der Waals surface area contributed by atoms with E-state index in [2.05, 4.69) is 93.2 Å². The smallest absolute Gasteiger partial charge is 0.191 e. The zero-order chi connectivity index (χ0) is 21.3. The highest BCUT2D eigenvalue weighted by Gasteiger charge is 2.06. The van der Waals surface area contributed by atoms with Crippen molar-refractivity contribution in [1.29, 1.82) is 0 Å². The Balaban J connectivity index is 0.00000289. The molecule has 4 rings (SSSR count). The van der Waals surface area contributed by atoms with E-state index < -0.39 is 0 Å². The van der Waals surface area contributed by atoms with Gasteiger partial charge in [0.2, 0.25) is 0 Å². The summed E-state index contributed by atoms with van der Waals surface area (Å²) in [6.07, 6.45) is 5.63. The van der Waals surface area contributed by atoms with Gasteiger partial charge >= 0.3 is 0 Å². The Morgan fingerprint density at radius 2 is 1.88 bits per heavy atom. The summed E-state index contributed by atoms with van der Waals surface area (Å²) in [5.74, 6) is 0.835. The number of nitrogens with one attached hydrogen (secondary N) is 2. The van der Waals surface area contributed by atoms with Gasteiger partial charge in [-0.3, -0.25) is 0 Å². The molecule has 5 nitrogen and oxygen atoms in total. The maximum absolute atomic E-state index is 4.83. The standard InChI is InChI=1S/C25H27N5S.HI/c1-2-27-25(29-17-23-7-5-15-31-23)28-16-22-6-3-4-8-24(22)21-11-9-20(10-12-21)18-30-14-13-26-19-30;/h3-15,19H,2,16-18H2,1H3,(H2,27,28,29);1H. The van der Waals surface area contributed by atoms with Crippen LogP contribution in [0.1, 0.15) is 22.9 Å². The number of nitrogens with zero attached hydrogens (tertiary/aromatic N) is 3. The van der Waals surface area contributed by atoms with Crippen molar-refractivity contribution in [3.05, 3.63) is 101 Å². The topological polar surface area (TPSA) is 54.2 Å². The van der Waals surface area contributed by atoms with Crippen LogP contribution in [-0.2, 0) is 19.6 Å². The first-order valence-corrected chi connectivity index (χ1v) is 11.4. The quantitative estimate of drug-likeness (QED) is 0.170. The van der Waals surface area contributed by atoms with Gasteiger partial charge < -0.3 is 15.2 Å². The second kappa shape index (κ2) is 12.4. The van der Waals surface area contributed by atoms with E-state index in [0.717, 1.165) is 25.6 Å². The van der Waals surface area contributed by atoms with E-state index in [0.29, 0.717) is 6.54 Å². The third-order valence-corrected chi connectivity index (χ3v) is 5.84. The van der Waals surface area contributed by atoms with Gasteiger partial charge in [0.25, 0.3) is 0 Å².